The second kappa shape index (κ2) is 8.99. The van der Waals surface area contributed by atoms with Crippen LogP contribution in [0.3, 0.4) is 0 Å². The molecule has 0 saturated carbocycles. The van der Waals surface area contributed by atoms with E-state index in [2.05, 4.69) is 0 Å². The summed E-state index contributed by atoms with van der Waals surface area (Å²) >= 11 is 6.22. The van der Waals surface area contributed by atoms with Crippen molar-refractivity contribution in [2.75, 3.05) is 7.11 Å². The Morgan fingerprint density at radius 2 is 1.57 bits per heavy atom. The Balaban J connectivity index is 2.14. The molecule has 0 fully saturated rings. The standard InChI is InChI=1S/C24H22ClO4P/c1-14-13-15(2)23(16(3)20(14)22(26)17-9-6-5-7-10-17)30(28)24(27)21-18(25)11-8-12-19(21)29-4/h5-13,30H,1-4H3. The van der Waals surface area contributed by atoms with E-state index >= 15 is 0 Å². The summed E-state index contributed by atoms with van der Waals surface area (Å²) in [5.74, 6) is 0.110. The number of halogens is 1. The fourth-order valence-electron chi connectivity index (χ4n) is 3.74. The van der Waals surface area contributed by atoms with E-state index < -0.39 is 13.3 Å². The third-order valence-corrected chi connectivity index (χ3v) is 7.29. The molecule has 0 saturated heterocycles. The molecule has 0 aliphatic heterocycles. The van der Waals surface area contributed by atoms with Crippen LogP contribution in [0.15, 0.2) is 54.6 Å². The van der Waals surface area contributed by atoms with Gasteiger partial charge in [0, 0.05) is 16.4 Å². The van der Waals surface area contributed by atoms with Gasteiger partial charge in [0.05, 0.1) is 17.7 Å². The number of benzene rings is 3. The SMILES string of the molecule is COc1cccc(Cl)c1C(=O)[PH](=O)c1c(C)cc(C)c(C(=O)c2ccccc2)c1C. The molecule has 0 aliphatic carbocycles. The van der Waals surface area contributed by atoms with Gasteiger partial charge in [-0.1, -0.05) is 54.1 Å². The number of aryl methyl sites for hydroxylation is 2. The average molecular weight is 441 g/mol. The van der Waals surface area contributed by atoms with Crippen molar-refractivity contribution in [1.29, 1.82) is 0 Å². The average Bonchev–Trinajstić information content (AvgIpc) is 2.73. The number of ether oxygens (including phenoxy) is 1. The molecule has 3 aromatic carbocycles. The van der Waals surface area contributed by atoms with Gasteiger partial charge >= 0.3 is 0 Å². The Kier molecular flexibility index (Phi) is 6.60. The molecule has 0 N–H and O–H groups in total. The van der Waals surface area contributed by atoms with Gasteiger partial charge < -0.3 is 9.30 Å². The molecular formula is C24H22ClO4P. The maximum Gasteiger partial charge on any atom is 0.228 e. The number of carbonyl (C=O) groups is 2. The fourth-order valence-corrected chi connectivity index (χ4v) is 5.68. The van der Waals surface area contributed by atoms with Gasteiger partial charge in [0.15, 0.2) is 13.6 Å². The van der Waals surface area contributed by atoms with Crippen LogP contribution < -0.4 is 10.0 Å². The van der Waals surface area contributed by atoms with Gasteiger partial charge in [0.2, 0.25) is 5.52 Å². The smallest absolute Gasteiger partial charge is 0.228 e. The van der Waals surface area contributed by atoms with Crippen LogP contribution in [-0.4, -0.2) is 18.4 Å². The van der Waals surface area contributed by atoms with Crippen molar-refractivity contribution in [2.45, 2.75) is 20.8 Å². The van der Waals surface area contributed by atoms with Crippen LogP contribution >= 0.6 is 19.4 Å². The minimum Gasteiger partial charge on any atom is -0.496 e. The predicted molar refractivity (Wildman–Crippen MR) is 121 cm³/mol. The van der Waals surface area contributed by atoms with Gasteiger partial charge in [-0.15, -0.1) is 0 Å². The molecule has 154 valence electrons. The lowest BCUT2D eigenvalue weighted by Gasteiger charge is -2.17. The quantitative estimate of drug-likeness (QED) is 0.373. The Morgan fingerprint density at radius 3 is 2.20 bits per heavy atom. The van der Waals surface area contributed by atoms with Crippen molar-refractivity contribution in [3.8, 4) is 5.75 Å². The van der Waals surface area contributed by atoms with Crippen molar-refractivity contribution >= 4 is 36.0 Å². The van der Waals surface area contributed by atoms with E-state index in [1.165, 1.54) is 7.11 Å². The molecule has 0 radical (unpaired) electrons. The van der Waals surface area contributed by atoms with Crippen molar-refractivity contribution in [3.63, 3.8) is 0 Å². The van der Waals surface area contributed by atoms with E-state index in [0.717, 1.165) is 5.56 Å². The number of hydrogen-bond donors (Lipinski definition) is 0. The van der Waals surface area contributed by atoms with Crippen molar-refractivity contribution < 1.29 is 18.9 Å². The highest BCUT2D eigenvalue weighted by Gasteiger charge is 2.28. The first-order valence-corrected chi connectivity index (χ1v) is 11.2. The Hall–Kier alpha value is -2.68. The second-order valence-electron chi connectivity index (χ2n) is 7.06. The van der Waals surface area contributed by atoms with Crippen LogP contribution in [0.4, 0.5) is 0 Å². The molecule has 0 heterocycles. The zero-order valence-electron chi connectivity index (χ0n) is 17.2. The monoisotopic (exact) mass is 440 g/mol. The minimum atomic E-state index is -2.97. The van der Waals surface area contributed by atoms with E-state index in [9.17, 15) is 14.2 Å². The molecule has 3 rings (SSSR count). The van der Waals surface area contributed by atoms with Gasteiger partial charge in [0.1, 0.15) is 5.75 Å². The van der Waals surface area contributed by atoms with Gasteiger partial charge in [-0.05, 0) is 49.6 Å². The van der Waals surface area contributed by atoms with Crippen molar-refractivity contribution in [2.24, 2.45) is 0 Å². The van der Waals surface area contributed by atoms with E-state index in [4.69, 9.17) is 16.3 Å². The summed E-state index contributed by atoms with van der Waals surface area (Å²) in [6, 6.07) is 15.5. The first kappa shape index (κ1) is 22.0. The number of methoxy groups -OCH3 is 1. The normalized spacial score (nSPS) is 11.8. The van der Waals surface area contributed by atoms with Crippen molar-refractivity contribution in [3.05, 3.63) is 93.0 Å². The van der Waals surface area contributed by atoms with Gasteiger partial charge in [-0.25, -0.2) is 0 Å². The van der Waals surface area contributed by atoms with Crippen LogP contribution in [0.5, 0.6) is 5.75 Å². The summed E-state index contributed by atoms with van der Waals surface area (Å²) in [5, 5.41) is 0.581. The van der Waals surface area contributed by atoms with Crippen molar-refractivity contribution in [1.82, 2.24) is 0 Å². The molecule has 6 heteroatoms. The third kappa shape index (κ3) is 3.98. The molecule has 0 bridgehead atoms. The second-order valence-corrected chi connectivity index (χ2v) is 9.08. The van der Waals surface area contributed by atoms with Crippen LogP contribution in [-0.2, 0) is 4.57 Å². The number of ketones is 1. The summed E-state index contributed by atoms with van der Waals surface area (Å²) in [7, 11) is -1.54. The first-order valence-electron chi connectivity index (χ1n) is 9.40. The van der Waals surface area contributed by atoms with E-state index in [1.807, 2.05) is 13.0 Å². The molecule has 0 spiro atoms. The summed E-state index contributed by atoms with van der Waals surface area (Å²) < 4.78 is 18.7. The highest BCUT2D eigenvalue weighted by molar-refractivity contribution is 7.71. The van der Waals surface area contributed by atoms with Crippen LogP contribution in [0.2, 0.25) is 5.02 Å². The Morgan fingerprint density at radius 1 is 0.900 bits per heavy atom. The van der Waals surface area contributed by atoms with E-state index in [0.29, 0.717) is 27.6 Å². The zero-order valence-corrected chi connectivity index (χ0v) is 19.0. The van der Waals surface area contributed by atoms with Gasteiger partial charge in [-0.2, -0.15) is 0 Å². The Bertz CT molecular complexity index is 1170. The summed E-state index contributed by atoms with van der Waals surface area (Å²) in [6.45, 7) is 5.38. The van der Waals surface area contributed by atoms with Gasteiger partial charge in [-0.3, -0.25) is 9.59 Å². The highest BCUT2D eigenvalue weighted by atomic mass is 35.5. The maximum atomic E-state index is 13.4. The topological polar surface area (TPSA) is 60.4 Å². The summed E-state index contributed by atoms with van der Waals surface area (Å²) in [6.07, 6.45) is 0. The van der Waals surface area contributed by atoms with Crippen LogP contribution in [0.1, 0.15) is 43.0 Å². The molecule has 1 unspecified atom stereocenters. The lowest BCUT2D eigenvalue weighted by atomic mass is 9.93. The first-order chi connectivity index (χ1) is 14.3. The lowest BCUT2D eigenvalue weighted by Crippen LogP contribution is -2.18. The molecule has 0 aromatic heterocycles. The van der Waals surface area contributed by atoms with Crippen LogP contribution in [0.25, 0.3) is 0 Å². The van der Waals surface area contributed by atoms with E-state index in [1.54, 1.807) is 62.4 Å². The predicted octanol–water partition coefficient (Wildman–Crippen LogP) is 5.53. The number of rotatable bonds is 6. The summed E-state index contributed by atoms with van der Waals surface area (Å²) in [4.78, 5) is 26.3. The molecule has 0 aliphatic rings. The maximum absolute atomic E-state index is 13.4. The number of hydrogen-bond acceptors (Lipinski definition) is 4. The van der Waals surface area contributed by atoms with Gasteiger partial charge in [0.25, 0.3) is 0 Å². The largest absolute Gasteiger partial charge is 0.496 e. The molecule has 4 nitrogen and oxygen atoms in total. The zero-order chi connectivity index (χ0) is 22.0. The fraction of sp³-hybridized carbons (Fsp3) is 0.167. The highest BCUT2D eigenvalue weighted by Crippen LogP contribution is 2.38. The number of carbonyl (C=O) groups excluding carboxylic acids is 2. The van der Waals surface area contributed by atoms with Crippen LogP contribution in [0, 0.1) is 20.8 Å². The minimum absolute atomic E-state index is 0.0980. The lowest BCUT2D eigenvalue weighted by molar-refractivity contribution is 0.103. The Labute approximate surface area is 181 Å². The summed E-state index contributed by atoms with van der Waals surface area (Å²) in [5.41, 5.74) is 2.57. The molecule has 30 heavy (non-hydrogen) atoms. The molecule has 0 amide bonds. The molecule has 3 aromatic rings. The molecular weight excluding hydrogens is 419 g/mol. The van der Waals surface area contributed by atoms with E-state index in [-0.39, 0.29) is 22.1 Å². The third-order valence-electron chi connectivity index (χ3n) is 5.09. The molecule has 1 atom stereocenters.